The Morgan fingerprint density at radius 2 is 1.76 bits per heavy atom. The third-order valence-corrected chi connectivity index (χ3v) is 4.08. The molecule has 0 aromatic rings. The number of rotatable bonds is 5. The van der Waals surface area contributed by atoms with Crippen molar-refractivity contribution in [2.75, 3.05) is 26.7 Å². The van der Waals surface area contributed by atoms with Crippen LogP contribution in [0.1, 0.15) is 40.0 Å². The van der Waals surface area contributed by atoms with E-state index in [0.717, 1.165) is 19.9 Å². The molecule has 0 aliphatic heterocycles. The summed E-state index contributed by atoms with van der Waals surface area (Å²) in [5.74, 6) is 1.06. The second-order valence-corrected chi connectivity index (χ2v) is 6.82. The number of guanidine groups is 1. The molecular formula is C16H30F3IN4O. The lowest BCUT2D eigenvalue weighted by Gasteiger charge is -2.32. The molecule has 1 saturated carbocycles. The molecule has 0 heterocycles. The summed E-state index contributed by atoms with van der Waals surface area (Å²) in [6.07, 6.45) is -1.15. The quantitative estimate of drug-likeness (QED) is 0.363. The number of likely N-dealkylation sites (N-methyl/N-ethyl adjacent to an activating group) is 1. The van der Waals surface area contributed by atoms with Crippen LogP contribution in [0.3, 0.4) is 0 Å². The van der Waals surface area contributed by atoms with Crippen molar-refractivity contribution in [3.05, 3.63) is 0 Å². The van der Waals surface area contributed by atoms with Crippen molar-refractivity contribution in [2.45, 2.75) is 52.3 Å². The van der Waals surface area contributed by atoms with Crippen molar-refractivity contribution in [3.63, 3.8) is 0 Å². The Balaban J connectivity index is 0.00000576. The van der Waals surface area contributed by atoms with Gasteiger partial charge >= 0.3 is 6.18 Å². The Kier molecular flexibility index (Phi) is 10.7. The van der Waals surface area contributed by atoms with Gasteiger partial charge in [0.1, 0.15) is 13.1 Å². The fourth-order valence-electron chi connectivity index (χ4n) is 3.20. The molecule has 1 aliphatic rings. The predicted molar refractivity (Wildman–Crippen MR) is 104 cm³/mol. The summed E-state index contributed by atoms with van der Waals surface area (Å²) in [5.41, 5.74) is 0. The lowest BCUT2D eigenvalue weighted by atomic mass is 9.80. The molecule has 1 aliphatic carbocycles. The molecule has 9 heteroatoms. The number of nitrogens with one attached hydrogen (secondary N) is 2. The van der Waals surface area contributed by atoms with E-state index in [2.05, 4.69) is 29.5 Å². The second kappa shape index (κ2) is 11.1. The number of halogens is 4. The van der Waals surface area contributed by atoms with Crippen LogP contribution in [0.5, 0.6) is 0 Å². The summed E-state index contributed by atoms with van der Waals surface area (Å²) in [4.78, 5) is 16.6. The van der Waals surface area contributed by atoms with Crippen molar-refractivity contribution in [3.8, 4) is 0 Å². The first-order chi connectivity index (χ1) is 11.1. The third kappa shape index (κ3) is 10.1. The van der Waals surface area contributed by atoms with E-state index >= 15 is 0 Å². The van der Waals surface area contributed by atoms with Gasteiger partial charge in [0, 0.05) is 19.6 Å². The molecular weight excluding hydrogens is 448 g/mol. The largest absolute Gasteiger partial charge is 0.406 e. The molecule has 0 spiro atoms. The maximum Gasteiger partial charge on any atom is 0.406 e. The van der Waals surface area contributed by atoms with Crippen molar-refractivity contribution in [1.29, 1.82) is 0 Å². The first-order valence-corrected chi connectivity index (χ1v) is 8.46. The Labute approximate surface area is 165 Å². The molecule has 2 N–H and O–H groups in total. The third-order valence-electron chi connectivity index (χ3n) is 4.08. The highest BCUT2D eigenvalue weighted by Gasteiger charge is 2.31. The zero-order valence-corrected chi connectivity index (χ0v) is 17.6. The Hall–Kier alpha value is -0.740. The lowest BCUT2D eigenvalue weighted by molar-refractivity contribution is -0.157. The Bertz CT molecular complexity index is 436. The van der Waals surface area contributed by atoms with E-state index in [4.69, 9.17) is 0 Å². The van der Waals surface area contributed by atoms with Gasteiger partial charge in [-0.15, -0.1) is 24.0 Å². The average Bonchev–Trinajstić information content (AvgIpc) is 2.41. The first-order valence-electron chi connectivity index (χ1n) is 8.46. The van der Waals surface area contributed by atoms with Crippen molar-refractivity contribution in [2.24, 2.45) is 16.8 Å². The van der Waals surface area contributed by atoms with E-state index in [9.17, 15) is 18.0 Å². The van der Waals surface area contributed by atoms with E-state index in [1.165, 1.54) is 6.42 Å². The smallest absolute Gasteiger partial charge is 0.357 e. The Morgan fingerprint density at radius 1 is 1.20 bits per heavy atom. The van der Waals surface area contributed by atoms with Gasteiger partial charge < -0.3 is 15.5 Å². The fraction of sp³-hybridized carbons (Fsp3) is 0.875. The number of carbonyl (C=O) groups excluding carboxylic acids is 1. The number of nitrogens with zero attached hydrogens (tertiary/aromatic N) is 2. The zero-order valence-electron chi connectivity index (χ0n) is 15.3. The van der Waals surface area contributed by atoms with E-state index in [0.29, 0.717) is 29.2 Å². The minimum absolute atomic E-state index is 0. The van der Waals surface area contributed by atoms with Crippen molar-refractivity contribution in [1.82, 2.24) is 15.5 Å². The highest BCUT2D eigenvalue weighted by atomic mass is 127. The highest BCUT2D eigenvalue weighted by molar-refractivity contribution is 14.0. The summed E-state index contributed by atoms with van der Waals surface area (Å²) >= 11 is 0. The Morgan fingerprint density at radius 3 is 2.24 bits per heavy atom. The zero-order chi connectivity index (χ0) is 18.3. The summed E-state index contributed by atoms with van der Waals surface area (Å²) in [5, 5.41) is 6.35. The van der Waals surface area contributed by atoms with Crippen molar-refractivity contribution >= 4 is 35.8 Å². The van der Waals surface area contributed by atoms with Gasteiger partial charge in [0.05, 0.1) is 0 Å². The molecule has 25 heavy (non-hydrogen) atoms. The monoisotopic (exact) mass is 478 g/mol. The van der Waals surface area contributed by atoms with Crippen molar-refractivity contribution < 1.29 is 18.0 Å². The number of hydrogen-bond acceptors (Lipinski definition) is 2. The number of alkyl halides is 3. The minimum Gasteiger partial charge on any atom is -0.357 e. The second-order valence-electron chi connectivity index (χ2n) is 6.82. The van der Waals surface area contributed by atoms with Crippen LogP contribution < -0.4 is 10.6 Å². The molecule has 148 valence electrons. The van der Waals surface area contributed by atoms with Crippen LogP contribution in [0, 0.1) is 11.8 Å². The van der Waals surface area contributed by atoms with Gasteiger partial charge in [-0.1, -0.05) is 13.8 Å². The summed E-state index contributed by atoms with van der Waals surface area (Å²) < 4.78 is 36.9. The van der Waals surface area contributed by atoms with Gasteiger partial charge in [-0.2, -0.15) is 13.2 Å². The van der Waals surface area contributed by atoms with E-state index in [-0.39, 0.29) is 36.6 Å². The number of carbonyl (C=O) groups is 1. The van der Waals surface area contributed by atoms with E-state index < -0.39 is 18.6 Å². The van der Waals surface area contributed by atoms with E-state index in [1.807, 2.05) is 6.92 Å². The van der Waals surface area contributed by atoms with Crippen LogP contribution in [0.2, 0.25) is 0 Å². The van der Waals surface area contributed by atoms with Crippen LogP contribution in [-0.2, 0) is 4.79 Å². The van der Waals surface area contributed by atoms with Gasteiger partial charge in [-0.25, -0.2) is 4.99 Å². The van der Waals surface area contributed by atoms with Gasteiger partial charge in [0.25, 0.3) is 0 Å². The summed E-state index contributed by atoms with van der Waals surface area (Å²) in [6.45, 7) is 5.38. The van der Waals surface area contributed by atoms with Gasteiger partial charge in [-0.3, -0.25) is 4.79 Å². The molecule has 0 saturated heterocycles. The number of amides is 1. The SMILES string of the molecule is CCNC(=NCC(=O)N(C)CC(F)(F)F)NC1CC(C)CC(C)C1.I. The van der Waals surface area contributed by atoms with Crippen LogP contribution in [-0.4, -0.2) is 55.7 Å². The van der Waals surface area contributed by atoms with Crippen LogP contribution in [0.15, 0.2) is 4.99 Å². The molecule has 0 aromatic heterocycles. The van der Waals surface area contributed by atoms with Crippen LogP contribution >= 0.6 is 24.0 Å². The maximum absolute atomic E-state index is 12.3. The fourth-order valence-corrected chi connectivity index (χ4v) is 3.20. The standard InChI is InChI=1S/C16H29F3N4O.HI/c1-5-20-15(22-13-7-11(2)6-12(3)8-13)21-9-14(24)23(4)10-16(17,18)19;/h11-13H,5-10H2,1-4H3,(H2,20,21,22);1H. The molecule has 1 fully saturated rings. The first kappa shape index (κ1) is 24.3. The summed E-state index contributed by atoms with van der Waals surface area (Å²) in [6, 6.07) is 0.268. The maximum atomic E-state index is 12.3. The van der Waals surface area contributed by atoms with Crippen LogP contribution in [0.4, 0.5) is 13.2 Å². The highest BCUT2D eigenvalue weighted by Crippen LogP contribution is 2.28. The predicted octanol–water partition coefficient (Wildman–Crippen LogP) is 3.00. The van der Waals surface area contributed by atoms with Gasteiger partial charge in [0.2, 0.25) is 5.91 Å². The molecule has 0 aromatic carbocycles. The normalized spacial score (nSPS) is 24.3. The molecule has 1 rings (SSSR count). The molecule has 1 amide bonds. The molecule has 2 atom stereocenters. The molecule has 5 nitrogen and oxygen atoms in total. The topological polar surface area (TPSA) is 56.7 Å². The molecule has 2 unspecified atom stereocenters. The number of hydrogen-bond donors (Lipinski definition) is 2. The summed E-state index contributed by atoms with van der Waals surface area (Å²) in [7, 11) is 1.14. The van der Waals surface area contributed by atoms with Gasteiger partial charge in [-0.05, 0) is 38.0 Å². The van der Waals surface area contributed by atoms with E-state index in [1.54, 1.807) is 0 Å². The van der Waals surface area contributed by atoms with Crippen LogP contribution in [0.25, 0.3) is 0 Å². The average molecular weight is 478 g/mol. The molecule has 0 bridgehead atoms. The molecule has 0 radical (unpaired) electrons. The lowest BCUT2D eigenvalue weighted by Crippen LogP contribution is -2.46. The minimum atomic E-state index is -4.40. The number of aliphatic imine (C=N–C) groups is 1. The van der Waals surface area contributed by atoms with Gasteiger partial charge in [0.15, 0.2) is 5.96 Å².